The zero-order valence-electron chi connectivity index (χ0n) is 14.8. The molecule has 0 unspecified atom stereocenters. The lowest BCUT2D eigenvalue weighted by molar-refractivity contribution is 0.0696. The topological polar surface area (TPSA) is 136 Å². The number of amides is 1. The van der Waals surface area contributed by atoms with Crippen molar-refractivity contribution in [1.29, 1.82) is 0 Å². The molecule has 142 valence electrons. The third-order valence-electron chi connectivity index (χ3n) is 3.95. The summed E-state index contributed by atoms with van der Waals surface area (Å²) in [7, 11) is 0. The summed E-state index contributed by atoms with van der Waals surface area (Å²) in [4.78, 5) is 35.2. The van der Waals surface area contributed by atoms with Gasteiger partial charge >= 0.3 is 5.97 Å². The molecule has 29 heavy (non-hydrogen) atoms. The lowest BCUT2D eigenvalue weighted by Crippen LogP contribution is -2.13. The van der Waals surface area contributed by atoms with E-state index in [-0.39, 0.29) is 17.2 Å². The van der Waals surface area contributed by atoms with E-state index in [2.05, 4.69) is 30.6 Å². The summed E-state index contributed by atoms with van der Waals surface area (Å²) in [6, 6.07) is 11.3. The number of aromatic carboxylic acids is 1. The van der Waals surface area contributed by atoms with Crippen LogP contribution in [0.5, 0.6) is 0 Å². The maximum Gasteiger partial charge on any atom is 0.335 e. The number of nitrogens with one attached hydrogen (secondary N) is 1. The fraction of sp³-hybridized carbons (Fsp3) is 0. The van der Waals surface area contributed by atoms with E-state index >= 15 is 0 Å². The normalized spacial score (nSPS) is 10.5. The van der Waals surface area contributed by atoms with Crippen molar-refractivity contribution in [2.24, 2.45) is 0 Å². The number of carbonyl (C=O) groups excluding carboxylic acids is 1. The second-order valence-electron chi connectivity index (χ2n) is 5.88. The highest BCUT2D eigenvalue weighted by Crippen LogP contribution is 2.19. The molecule has 1 amide bonds. The third-order valence-corrected chi connectivity index (χ3v) is 3.95. The van der Waals surface area contributed by atoms with Gasteiger partial charge in [0.05, 0.1) is 23.1 Å². The average Bonchev–Trinajstić information content (AvgIpc) is 3.25. The summed E-state index contributed by atoms with van der Waals surface area (Å²) in [5.41, 5.74) is 2.37. The van der Waals surface area contributed by atoms with Crippen molar-refractivity contribution in [1.82, 2.24) is 29.9 Å². The molecule has 1 aromatic carbocycles. The van der Waals surface area contributed by atoms with Crippen molar-refractivity contribution in [2.45, 2.75) is 0 Å². The molecule has 0 aliphatic rings. The molecular weight excluding hydrogens is 374 g/mol. The number of rotatable bonds is 5. The molecule has 0 atom stereocenters. The number of carboxylic acid groups (broad SMARTS) is 1. The van der Waals surface area contributed by atoms with Gasteiger partial charge in [0, 0.05) is 18.1 Å². The highest BCUT2D eigenvalue weighted by Gasteiger charge is 2.11. The largest absolute Gasteiger partial charge is 0.478 e. The van der Waals surface area contributed by atoms with Crippen molar-refractivity contribution in [2.75, 3.05) is 5.32 Å². The van der Waals surface area contributed by atoms with Crippen LogP contribution in [-0.2, 0) is 0 Å². The Morgan fingerprint density at radius 3 is 2.69 bits per heavy atom. The molecule has 10 nitrogen and oxygen atoms in total. The predicted molar refractivity (Wildman–Crippen MR) is 102 cm³/mol. The number of carbonyl (C=O) groups is 2. The summed E-state index contributed by atoms with van der Waals surface area (Å²) in [5.74, 6) is -1.41. The van der Waals surface area contributed by atoms with E-state index in [1.165, 1.54) is 41.6 Å². The summed E-state index contributed by atoms with van der Waals surface area (Å²) in [6.07, 6.45) is 5.82. The fourth-order valence-corrected chi connectivity index (χ4v) is 2.56. The van der Waals surface area contributed by atoms with Crippen molar-refractivity contribution in [3.8, 4) is 17.1 Å². The average molecular weight is 387 g/mol. The third kappa shape index (κ3) is 3.95. The van der Waals surface area contributed by atoms with Crippen LogP contribution in [0.4, 0.5) is 5.69 Å². The minimum Gasteiger partial charge on any atom is -0.478 e. The number of hydrogen-bond acceptors (Lipinski definition) is 7. The molecule has 0 saturated carbocycles. The summed E-state index contributed by atoms with van der Waals surface area (Å²) in [6.45, 7) is 0. The first-order valence-electron chi connectivity index (χ1n) is 8.40. The van der Waals surface area contributed by atoms with Crippen LogP contribution in [0, 0.1) is 0 Å². The van der Waals surface area contributed by atoms with Crippen molar-refractivity contribution >= 4 is 17.6 Å². The summed E-state index contributed by atoms with van der Waals surface area (Å²) >= 11 is 0. The quantitative estimate of drug-likeness (QED) is 0.531. The number of pyridine rings is 1. The van der Waals surface area contributed by atoms with E-state index < -0.39 is 5.97 Å². The van der Waals surface area contributed by atoms with E-state index in [1.807, 2.05) is 0 Å². The first kappa shape index (κ1) is 17.9. The molecule has 4 aromatic rings. The van der Waals surface area contributed by atoms with Gasteiger partial charge in [-0.2, -0.15) is 0 Å². The van der Waals surface area contributed by atoms with E-state index in [9.17, 15) is 9.59 Å². The van der Waals surface area contributed by atoms with Crippen LogP contribution in [0.15, 0.2) is 67.4 Å². The van der Waals surface area contributed by atoms with Crippen molar-refractivity contribution in [3.05, 3.63) is 78.6 Å². The summed E-state index contributed by atoms with van der Waals surface area (Å²) in [5, 5.41) is 20.0. The van der Waals surface area contributed by atoms with Gasteiger partial charge in [-0.1, -0.05) is 11.3 Å². The highest BCUT2D eigenvalue weighted by molar-refractivity contribution is 6.02. The maximum atomic E-state index is 12.2. The molecule has 0 saturated heterocycles. The van der Waals surface area contributed by atoms with Crippen LogP contribution < -0.4 is 5.32 Å². The Balaban J connectivity index is 1.57. The van der Waals surface area contributed by atoms with Crippen molar-refractivity contribution in [3.63, 3.8) is 0 Å². The van der Waals surface area contributed by atoms with E-state index in [1.54, 1.807) is 30.5 Å². The van der Waals surface area contributed by atoms with E-state index in [4.69, 9.17) is 5.11 Å². The van der Waals surface area contributed by atoms with Crippen LogP contribution in [0.3, 0.4) is 0 Å². The monoisotopic (exact) mass is 387 g/mol. The van der Waals surface area contributed by atoms with Gasteiger partial charge in [0.15, 0.2) is 0 Å². The van der Waals surface area contributed by atoms with Crippen molar-refractivity contribution < 1.29 is 14.7 Å². The van der Waals surface area contributed by atoms with E-state index in [0.717, 1.165) is 0 Å². The molecule has 10 heteroatoms. The van der Waals surface area contributed by atoms with Crippen LogP contribution in [0.2, 0.25) is 0 Å². The number of benzene rings is 1. The second kappa shape index (κ2) is 7.64. The Labute approximate surface area is 163 Å². The fourth-order valence-electron chi connectivity index (χ4n) is 2.56. The lowest BCUT2D eigenvalue weighted by Gasteiger charge is -2.06. The Morgan fingerprint density at radius 1 is 1.00 bits per heavy atom. The smallest absolute Gasteiger partial charge is 0.335 e. The van der Waals surface area contributed by atoms with Gasteiger partial charge in [0.1, 0.15) is 17.7 Å². The van der Waals surface area contributed by atoms with Gasteiger partial charge in [0.2, 0.25) is 0 Å². The Morgan fingerprint density at radius 2 is 1.90 bits per heavy atom. The SMILES string of the molecule is O=C(O)c1ccnc(-c2cn(-c3cccc(NC(=O)c4ccncn4)c3)nn2)c1. The maximum absolute atomic E-state index is 12.2. The zero-order chi connectivity index (χ0) is 20.2. The van der Waals surface area contributed by atoms with Gasteiger partial charge in [-0.15, -0.1) is 5.10 Å². The van der Waals surface area contributed by atoms with Gasteiger partial charge in [-0.05, 0) is 36.4 Å². The number of anilines is 1. The van der Waals surface area contributed by atoms with Crippen LogP contribution >= 0.6 is 0 Å². The molecule has 4 rings (SSSR count). The number of aromatic nitrogens is 6. The molecule has 3 heterocycles. The number of nitrogens with zero attached hydrogens (tertiary/aromatic N) is 6. The van der Waals surface area contributed by atoms with Gasteiger partial charge < -0.3 is 10.4 Å². The van der Waals surface area contributed by atoms with Crippen LogP contribution in [0.25, 0.3) is 17.1 Å². The Kier molecular flexibility index (Phi) is 4.72. The minimum absolute atomic E-state index is 0.110. The molecule has 0 aliphatic heterocycles. The summed E-state index contributed by atoms with van der Waals surface area (Å²) < 4.78 is 1.50. The van der Waals surface area contributed by atoms with Gasteiger partial charge in [-0.3, -0.25) is 9.78 Å². The van der Waals surface area contributed by atoms with Crippen LogP contribution in [-0.4, -0.2) is 46.9 Å². The number of carboxylic acids is 1. The molecule has 0 bridgehead atoms. The standard InChI is InChI=1S/C19H13N7O3/c27-18(15-5-6-20-11-22-15)23-13-2-1-3-14(9-13)26-10-17(24-25-26)16-8-12(19(28)29)4-7-21-16/h1-11H,(H,23,27)(H,28,29). The highest BCUT2D eigenvalue weighted by atomic mass is 16.4. The molecule has 0 aliphatic carbocycles. The van der Waals surface area contributed by atoms with E-state index in [0.29, 0.717) is 22.8 Å². The first-order chi connectivity index (χ1) is 14.1. The molecule has 3 aromatic heterocycles. The van der Waals surface area contributed by atoms with Crippen LogP contribution in [0.1, 0.15) is 20.8 Å². The molecule has 0 fully saturated rings. The minimum atomic E-state index is -1.05. The number of hydrogen-bond donors (Lipinski definition) is 2. The molecule has 2 N–H and O–H groups in total. The molecule has 0 spiro atoms. The first-order valence-corrected chi connectivity index (χ1v) is 8.40. The predicted octanol–water partition coefficient (Wildman–Crippen LogP) is 2.07. The molecular formula is C19H13N7O3. The Hall–Kier alpha value is -4.47. The Bertz CT molecular complexity index is 1190. The zero-order valence-corrected chi connectivity index (χ0v) is 14.8. The molecule has 0 radical (unpaired) electrons. The van der Waals surface area contributed by atoms with Gasteiger partial charge in [0.25, 0.3) is 5.91 Å². The lowest BCUT2D eigenvalue weighted by atomic mass is 10.2. The second-order valence-corrected chi connectivity index (χ2v) is 5.88. The van der Waals surface area contributed by atoms with Gasteiger partial charge in [-0.25, -0.2) is 19.4 Å².